The lowest BCUT2D eigenvalue weighted by atomic mass is 9.68. The number of carbonyl (C=O) groups excluding carboxylic acids is 2. The maximum atomic E-state index is 13.7. The van der Waals surface area contributed by atoms with E-state index in [4.69, 9.17) is 4.74 Å². The zero-order valence-electron chi connectivity index (χ0n) is 24.4. The van der Waals surface area contributed by atoms with Gasteiger partial charge >= 0.3 is 5.97 Å². The Morgan fingerprint density at radius 1 is 0.973 bits per heavy atom. The molecular weight excluding hydrogens is 456 g/mol. The van der Waals surface area contributed by atoms with Gasteiger partial charge in [0.25, 0.3) is 0 Å². The molecule has 2 aliphatic rings. The van der Waals surface area contributed by atoms with E-state index in [0.29, 0.717) is 30.0 Å². The van der Waals surface area contributed by atoms with Crippen LogP contribution in [0.3, 0.4) is 0 Å². The molecule has 1 aromatic rings. The summed E-state index contributed by atoms with van der Waals surface area (Å²) in [6.07, 6.45) is 19.5. The minimum atomic E-state index is -0.110. The first-order valence-corrected chi connectivity index (χ1v) is 15.6. The summed E-state index contributed by atoms with van der Waals surface area (Å²) >= 11 is 0. The van der Waals surface area contributed by atoms with Gasteiger partial charge < -0.3 is 4.74 Å². The summed E-state index contributed by atoms with van der Waals surface area (Å²) in [6.45, 7) is 6.75. The van der Waals surface area contributed by atoms with Gasteiger partial charge in [-0.1, -0.05) is 82.9 Å². The SMILES string of the molecule is CCCC(CC(=O)C1CCCC(C(CCCCC(=O)OC)c2cccc(C)c2C)C1)CC1CCCCC1. The molecule has 0 spiro atoms. The zero-order chi connectivity index (χ0) is 26.6. The third-order valence-corrected chi connectivity index (χ3v) is 9.74. The Bertz CT molecular complexity index is 837. The maximum Gasteiger partial charge on any atom is 0.305 e. The van der Waals surface area contributed by atoms with Crippen molar-refractivity contribution in [3.05, 3.63) is 34.9 Å². The number of unbranched alkanes of at least 4 members (excludes halogenated alkanes) is 1. The minimum Gasteiger partial charge on any atom is -0.469 e. The molecule has 0 heterocycles. The van der Waals surface area contributed by atoms with Crippen molar-refractivity contribution in [2.24, 2.45) is 23.7 Å². The first kappa shape index (κ1) is 29.9. The molecule has 4 atom stereocenters. The number of Topliss-reactive ketones (excluding diaryl/α,β-unsaturated/α-hetero) is 1. The Morgan fingerprint density at radius 3 is 2.49 bits per heavy atom. The predicted molar refractivity (Wildman–Crippen MR) is 154 cm³/mol. The largest absolute Gasteiger partial charge is 0.469 e. The molecule has 208 valence electrons. The van der Waals surface area contributed by atoms with Crippen LogP contribution < -0.4 is 0 Å². The zero-order valence-corrected chi connectivity index (χ0v) is 24.4. The maximum absolute atomic E-state index is 13.7. The fourth-order valence-corrected chi connectivity index (χ4v) is 7.50. The molecule has 2 fully saturated rings. The van der Waals surface area contributed by atoms with Crippen LogP contribution in [0.5, 0.6) is 0 Å². The van der Waals surface area contributed by atoms with Crippen molar-refractivity contribution in [1.29, 1.82) is 0 Å². The molecule has 3 nitrogen and oxygen atoms in total. The summed E-state index contributed by atoms with van der Waals surface area (Å²) in [7, 11) is 1.47. The summed E-state index contributed by atoms with van der Waals surface area (Å²) < 4.78 is 4.85. The van der Waals surface area contributed by atoms with Gasteiger partial charge in [-0.2, -0.15) is 0 Å². The summed E-state index contributed by atoms with van der Waals surface area (Å²) in [5, 5.41) is 0. The van der Waals surface area contributed by atoms with E-state index in [-0.39, 0.29) is 11.9 Å². The van der Waals surface area contributed by atoms with E-state index in [9.17, 15) is 9.59 Å². The van der Waals surface area contributed by atoms with E-state index in [2.05, 4.69) is 39.0 Å². The number of esters is 1. The monoisotopic (exact) mass is 510 g/mol. The molecular formula is C34H54O3. The second-order valence-corrected chi connectivity index (χ2v) is 12.4. The molecule has 2 saturated carbocycles. The van der Waals surface area contributed by atoms with Gasteiger partial charge in [-0.25, -0.2) is 0 Å². The van der Waals surface area contributed by atoms with Gasteiger partial charge in [0.1, 0.15) is 5.78 Å². The van der Waals surface area contributed by atoms with Gasteiger partial charge in [0, 0.05) is 18.8 Å². The number of aryl methyl sites for hydroxylation is 1. The average molecular weight is 511 g/mol. The Balaban J connectivity index is 1.66. The fraction of sp³-hybridized carbons (Fsp3) is 0.765. The minimum absolute atomic E-state index is 0.110. The van der Waals surface area contributed by atoms with Crippen LogP contribution in [0.1, 0.15) is 139 Å². The molecule has 1 aromatic carbocycles. The van der Waals surface area contributed by atoms with Gasteiger partial charge in [-0.05, 0) is 92.7 Å². The second kappa shape index (κ2) is 15.7. The Hall–Kier alpha value is -1.64. The molecule has 2 aliphatic carbocycles. The van der Waals surface area contributed by atoms with Crippen molar-refractivity contribution < 1.29 is 14.3 Å². The molecule has 4 unspecified atom stereocenters. The quantitative estimate of drug-likeness (QED) is 0.185. The Kier molecular flexibility index (Phi) is 12.7. The van der Waals surface area contributed by atoms with Gasteiger partial charge in [0.2, 0.25) is 0 Å². The average Bonchev–Trinajstić information content (AvgIpc) is 2.91. The Morgan fingerprint density at radius 2 is 1.76 bits per heavy atom. The second-order valence-electron chi connectivity index (χ2n) is 12.4. The van der Waals surface area contributed by atoms with Crippen molar-refractivity contribution in [2.45, 2.75) is 136 Å². The Labute approximate surface area is 227 Å². The highest BCUT2D eigenvalue weighted by atomic mass is 16.5. The van der Waals surface area contributed by atoms with Crippen LogP contribution in [-0.2, 0) is 14.3 Å². The molecule has 0 aromatic heterocycles. The highest BCUT2D eigenvalue weighted by Gasteiger charge is 2.34. The van der Waals surface area contributed by atoms with Crippen molar-refractivity contribution >= 4 is 11.8 Å². The van der Waals surface area contributed by atoms with E-state index in [1.165, 1.54) is 88.0 Å². The lowest BCUT2D eigenvalue weighted by Crippen LogP contribution is -2.28. The normalized spacial score (nSPS) is 22.4. The smallest absolute Gasteiger partial charge is 0.305 e. The number of hydrogen-bond donors (Lipinski definition) is 0. The molecule has 0 saturated heterocycles. The van der Waals surface area contributed by atoms with E-state index >= 15 is 0 Å². The van der Waals surface area contributed by atoms with Crippen LogP contribution in [0.15, 0.2) is 18.2 Å². The van der Waals surface area contributed by atoms with Crippen LogP contribution in [0.4, 0.5) is 0 Å². The fourth-order valence-electron chi connectivity index (χ4n) is 7.50. The third-order valence-electron chi connectivity index (χ3n) is 9.74. The summed E-state index contributed by atoms with van der Waals surface area (Å²) in [6, 6.07) is 6.73. The lowest BCUT2D eigenvalue weighted by Gasteiger charge is -2.36. The number of carbonyl (C=O) groups is 2. The molecule has 0 radical (unpaired) electrons. The number of ether oxygens (including phenoxy) is 1. The molecule has 3 rings (SSSR count). The molecule has 37 heavy (non-hydrogen) atoms. The van der Waals surface area contributed by atoms with E-state index < -0.39 is 0 Å². The number of methoxy groups -OCH3 is 1. The highest BCUT2D eigenvalue weighted by molar-refractivity contribution is 5.81. The topological polar surface area (TPSA) is 43.4 Å². The van der Waals surface area contributed by atoms with Crippen LogP contribution >= 0.6 is 0 Å². The van der Waals surface area contributed by atoms with Crippen LogP contribution in [0.2, 0.25) is 0 Å². The predicted octanol–water partition coefficient (Wildman–Crippen LogP) is 9.27. The van der Waals surface area contributed by atoms with Crippen molar-refractivity contribution in [2.75, 3.05) is 7.11 Å². The molecule has 0 amide bonds. The van der Waals surface area contributed by atoms with E-state index in [1.807, 2.05) is 0 Å². The molecule has 0 bridgehead atoms. The van der Waals surface area contributed by atoms with E-state index in [0.717, 1.165) is 44.4 Å². The number of ketones is 1. The van der Waals surface area contributed by atoms with Gasteiger partial charge in [-0.3, -0.25) is 9.59 Å². The summed E-state index contributed by atoms with van der Waals surface area (Å²) in [5.74, 6) is 3.18. The van der Waals surface area contributed by atoms with Crippen molar-refractivity contribution in [3.8, 4) is 0 Å². The first-order chi connectivity index (χ1) is 17.9. The highest BCUT2D eigenvalue weighted by Crippen LogP contribution is 2.44. The number of hydrogen-bond acceptors (Lipinski definition) is 3. The van der Waals surface area contributed by atoms with Gasteiger partial charge in [0.05, 0.1) is 7.11 Å². The van der Waals surface area contributed by atoms with Crippen molar-refractivity contribution in [1.82, 2.24) is 0 Å². The number of rotatable bonds is 14. The van der Waals surface area contributed by atoms with E-state index in [1.54, 1.807) is 0 Å². The lowest BCUT2D eigenvalue weighted by molar-refractivity contribution is -0.140. The number of benzene rings is 1. The van der Waals surface area contributed by atoms with Gasteiger partial charge in [-0.15, -0.1) is 0 Å². The molecule has 3 heteroatoms. The van der Waals surface area contributed by atoms with Crippen molar-refractivity contribution in [3.63, 3.8) is 0 Å². The summed E-state index contributed by atoms with van der Waals surface area (Å²) in [4.78, 5) is 25.3. The first-order valence-electron chi connectivity index (χ1n) is 15.6. The van der Waals surface area contributed by atoms with Crippen LogP contribution in [-0.4, -0.2) is 18.9 Å². The van der Waals surface area contributed by atoms with Crippen LogP contribution in [0, 0.1) is 37.5 Å². The third kappa shape index (κ3) is 9.25. The van der Waals surface area contributed by atoms with Crippen LogP contribution in [0.25, 0.3) is 0 Å². The van der Waals surface area contributed by atoms with Gasteiger partial charge in [0.15, 0.2) is 0 Å². The molecule has 0 N–H and O–H groups in total. The summed E-state index contributed by atoms with van der Waals surface area (Å²) in [5.41, 5.74) is 4.23. The standard InChI is InChI=1S/C34H54O3/c1-5-13-28(22-27-15-7-6-8-16-27)23-33(35)30-18-12-17-29(24-30)32(19-9-10-21-34(36)37-4)31-20-11-14-25(2)26(31)3/h11,14,20,27-30,32H,5-10,12-13,15-19,21-24H2,1-4H3. The molecule has 0 aliphatic heterocycles.